The Kier molecular flexibility index (Phi) is 6.40. The van der Waals surface area contributed by atoms with Crippen LogP contribution in [0.4, 0.5) is 0 Å². The minimum absolute atomic E-state index is 0.181. The standard InChI is InChI=1S/C26H24O7/c1-28-18-7-5-6-16(10-18)15-32-19-8-9-20-22(13-19)33-25(26(20)27)12-17-11-23(30-3)24(31-4)14-21(17)29-2/h5-14H,15H2,1-4H3/b25-12-. The molecule has 0 aromatic heterocycles. The minimum Gasteiger partial charge on any atom is -0.497 e. The van der Waals surface area contributed by atoms with Gasteiger partial charge in [-0.05, 0) is 42.0 Å². The van der Waals surface area contributed by atoms with E-state index >= 15 is 0 Å². The van der Waals surface area contributed by atoms with Crippen LogP contribution in [0.2, 0.25) is 0 Å². The third-order valence-corrected chi connectivity index (χ3v) is 5.20. The fourth-order valence-corrected chi connectivity index (χ4v) is 3.49. The van der Waals surface area contributed by atoms with Crippen LogP contribution in [-0.4, -0.2) is 34.2 Å². The van der Waals surface area contributed by atoms with E-state index in [1.807, 2.05) is 24.3 Å². The van der Waals surface area contributed by atoms with E-state index in [9.17, 15) is 4.79 Å². The van der Waals surface area contributed by atoms with E-state index < -0.39 is 0 Å². The number of methoxy groups -OCH3 is 4. The number of hydrogen-bond donors (Lipinski definition) is 0. The van der Waals surface area contributed by atoms with Crippen LogP contribution in [0, 0.1) is 0 Å². The molecule has 4 rings (SSSR count). The second-order valence-electron chi connectivity index (χ2n) is 7.19. The van der Waals surface area contributed by atoms with Crippen LogP contribution in [-0.2, 0) is 6.61 Å². The Labute approximate surface area is 192 Å². The minimum atomic E-state index is -0.221. The molecule has 0 amide bonds. The first kappa shape index (κ1) is 22.1. The average molecular weight is 448 g/mol. The van der Waals surface area contributed by atoms with Crippen LogP contribution >= 0.6 is 0 Å². The molecule has 7 heteroatoms. The second kappa shape index (κ2) is 9.56. The van der Waals surface area contributed by atoms with Crippen molar-refractivity contribution in [3.8, 4) is 34.5 Å². The first-order chi connectivity index (χ1) is 16.1. The monoisotopic (exact) mass is 448 g/mol. The summed E-state index contributed by atoms with van der Waals surface area (Å²) in [7, 11) is 6.25. The van der Waals surface area contributed by atoms with Gasteiger partial charge in [0.1, 0.15) is 29.6 Å². The zero-order valence-electron chi connectivity index (χ0n) is 18.8. The molecule has 0 radical (unpaired) electrons. The first-order valence-corrected chi connectivity index (χ1v) is 10.2. The van der Waals surface area contributed by atoms with Crippen molar-refractivity contribution in [1.29, 1.82) is 0 Å². The van der Waals surface area contributed by atoms with E-state index in [0.29, 0.717) is 46.5 Å². The molecule has 0 saturated carbocycles. The summed E-state index contributed by atoms with van der Waals surface area (Å²) in [5.74, 6) is 3.32. The molecule has 1 heterocycles. The van der Waals surface area contributed by atoms with E-state index in [1.165, 1.54) is 0 Å². The predicted octanol–water partition coefficient (Wildman–Crippen LogP) is 4.92. The topological polar surface area (TPSA) is 72.5 Å². The molecule has 0 aliphatic carbocycles. The highest BCUT2D eigenvalue weighted by atomic mass is 16.5. The van der Waals surface area contributed by atoms with Gasteiger partial charge in [0.05, 0.1) is 34.0 Å². The highest BCUT2D eigenvalue weighted by molar-refractivity contribution is 6.14. The molecule has 170 valence electrons. The SMILES string of the molecule is COc1cccc(COc2ccc3c(c2)O/C(=C\c2cc(OC)c(OC)cc2OC)C3=O)c1. The van der Waals surface area contributed by atoms with Crippen molar-refractivity contribution >= 4 is 11.9 Å². The number of benzene rings is 3. The van der Waals surface area contributed by atoms with Crippen molar-refractivity contribution in [1.82, 2.24) is 0 Å². The number of rotatable bonds is 8. The fraction of sp³-hybridized carbons (Fsp3) is 0.192. The van der Waals surface area contributed by atoms with Crippen LogP contribution in [0.3, 0.4) is 0 Å². The van der Waals surface area contributed by atoms with Gasteiger partial charge in [0.2, 0.25) is 5.78 Å². The van der Waals surface area contributed by atoms with Gasteiger partial charge in [-0.25, -0.2) is 0 Å². The van der Waals surface area contributed by atoms with Crippen LogP contribution in [0.25, 0.3) is 6.08 Å². The van der Waals surface area contributed by atoms with Crippen LogP contribution in [0.1, 0.15) is 21.5 Å². The number of allylic oxidation sites excluding steroid dienone is 1. The van der Waals surface area contributed by atoms with Crippen molar-refractivity contribution < 1.29 is 33.2 Å². The lowest BCUT2D eigenvalue weighted by Gasteiger charge is -2.12. The lowest BCUT2D eigenvalue weighted by atomic mass is 10.1. The fourth-order valence-electron chi connectivity index (χ4n) is 3.49. The molecule has 0 bridgehead atoms. The molecular weight excluding hydrogens is 424 g/mol. The molecule has 0 unspecified atom stereocenters. The summed E-state index contributed by atoms with van der Waals surface area (Å²) in [5, 5.41) is 0. The molecule has 3 aromatic carbocycles. The first-order valence-electron chi connectivity index (χ1n) is 10.2. The summed E-state index contributed by atoms with van der Waals surface area (Å²) >= 11 is 0. The Morgan fingerprint density at radius 3 is 2.27 bits per heavy atom. The van der Waals surface area contributed by atoms with Gasteiger partial charge in [0, 0.05) is 17.7 Å². The van der Waals surface area contributed by atoms with Crippen LogP contribution in [0.5, 0.6) is 34.5 Å². The predicted molar refractivity (Wildman–Crippen MR) is 123 cm³/mol. The van der Waals surface area contributed by atoms with Gasteiger partial charge >= 0.3 is 0 Å². The largest absolute Gasteiger partial charge is 0.497 e. The number of carbonyl (C=O) groups is 1. The van der Waals surface area contributed by atoms with E-state index in [0.717, 1.165) is 11.3 Å². The van der Waals surface area contributed by atoms with E-state index in [2.05, 4.69) is 0 Å². The van der Waals surface area contributed by atoms with Crippen LogP contribution in [0.15, 0.2) is 60.4 Å². The Hall–Kier alpha value is -4.13. The third-order valence-electron chi connectivity index (χ3n) is 5.20. The normalized spacial score (nSPS) is 13.3. The summed E-state index contributed by atoms with van der Waals surface area (Å²) in [6, 6.07) is 16.2. The lowest BCUT2D eigenvalue weighted by molar-refractivity contribution is 0.101. The van der Waals surface area contributed by atoms with Gasteiger partial charge in [0.15, 0.2) is 17.3 Å². The summed E-state index contributed by atoms with van der Waals surface area (Å²) in [6.07, 6.45) is 1.62. The zero-order chi connectivity index (χ0) is 23.4. The number of hydrogen-bond acceptors (Lipinski definition) is 7. The molecular formula is C26H24O7. The Morgan fingerprint density at radius 2 is 1.55 bits per heavy atom. The van der Waals surface area contributed by atoms with E-state index in [1.54, 1.807) is 64.8 Å². The number of ketones is 1. The molecule has 1 aliphatic heterocycles. The van der Waals surface area contributed by atoms with Gasteiger partial charge in [0.25, 0.3) is 0 Å². The summed E-state index contributed by atoms with van der Waals surface area (Å²) < 4.78 is 33.1. The average Bonchev–Trinajstić information content (AvgIpc) is 3.16. The summed E-state index contributed by atoms with van der Waals surface area (Å²) in [6.45, 7) is 0.357. The Bertz CT molecular complexity index is 1210. The molecule has 7 nitrogen and oxygen atoms in total. The van der Waals surface area contributed by atoms with Gasteiger partial charge in [-0.15, -0.1) is 0 Å². The van der Waals surface area contributed by atoms with Gasteiger partial charge in [-0.1, -0.05) is 12.1 Å². The molecule has 0 saturated heterocycles. The summed E-state index contributed by atoms with van der Waals surface area (Å²) in [5.41, 5.74) is 2.06. The smallest absolute Gasteiger partial charge is 0.231 e. The van der Waals surface area contributed by atoms with Crippen molar-refractivity contribution in [3.63, 3.8) is 0 Å². The van der Waals surface area contributed by atoms with Crippen molar-refractivity contribution in [2.75, 3.05) is 28.4 Å². The zero-order valence-corrected chi connectivity index (χ0v) is 18.8. The highest BCUT2D eigenvalue weighted by Crippen LogP contribution is 2.39. The van der Waals surface area contributed by atoms with Crippen molar-refractivity contribution in [3.05, 3.63) is 77.0 Å². The van der Waals surface area contributed by atoms with E-state index in [-0.39, 0.29) is 11.5 Å². The number of carbonyl (C=O) groups excluding carboxylic acids is 1. The number of Topliss-reactive ketones (excluding diaryl/α,β-unsaturated/α-hetero) is 1. The van der Waals surface area contributed by atoms with Crippen LogP contribution < -0.4 is 28.4 Å². The molecule has 0 fully saturated rings. The molecule has 33 heavy (non-hydrogen) atoms. The van der Waals surface area contributed by atoms with Gasteiger partial charge in [-0.3, -0.25) is 4.79 Å². The van der Waals surface area contributed by atoms with Crippen molar-refractivity contribution in [2.24, 2.45) is 0 Å². The quantitative estimate of drug-likeness (QED) is 0.453. The molecule has 0 atom stereocenters. The number of ether oxygens (including phenoxy) is 6. The highest BCUT2D eigenvalue weighted by Gasteiger charge is 2.28. The number of fused-ring (bicyclic) bond motifs is 1. The van der Waals surface area contributed by atoms with Gasteiger partial charge < -0.3 is 28.4 Å². The van der Waals surface area contributed by atoms with E-state index in [4.69, 9.17) is 28.4 Å². The molecule has 1 aliphatic rings. The summed E-state index contributed by atoms with van der Waals surface area (Å²) in [4.78, 5) is 12.9. The second-order valence-corrected chi connectivity index (χ2v) is 7.19. The Morgan fingerprint density at radius 1 is 0.788 bits per heavy atom. The maximum absolute atomic E-state index is 12.9. The lowest BCUT2D eigenvalue weighted by Crippen LogP contribution is -2.00. The van der Waals surface area contributed by atoms with Crippen molar-refractivity contribution in [2.45, 2.75) is 6.61 Å². The Balaban J connectivity index is 1.56. The van der Waals surface area contributed by atoms with Gasteiger partial charge in [-0.2, -0.15) is 0 Å². The third kappa shape index (κ3) is 4.57. The molecule has 3 aromatic rings. The maximum atomic E-state index is 12.9. The maximum Gasteiger partial charge on any atom is 0.231 e. The molecule has 0 N–H and O–H groups in total. The molecule has 0 spiro atoms.